The highest BCUT2D eigenvalue weighted by Gasteiger charge is 2.38. The van der Waals surface area contributed by atoms with Crippen LogP contribution >= 0.6 is 11.8 Å². The van der Waals surface area contributed by atoms with Crippen LogP contribution in [-0.2, 0) is 19.1 Å². The minimum atomic E-state index is -1.27. The van der Waals surface area contributed by atoms with E-state index in [1.54, 1.807) is 24.4 Å². The number of ether oxygens (including phenoxy) is 3. The molecule has 1 aromatic carbocycles. The molecule has 1 saturated carbocycles. The quantitative estimate of drug-likeness (QED) is 0.277. The molecule has 3 aromatic rings. The minimum absolute atomic E-state index is 0.0267. The number of carbonyl (C=O) groups is 2. The lowest BCUT2D eigenvalue weighted by molar-refractivity contribution is -0.139. The zero-order chi connectivity index (χ0) is 38.6. The molecule has 13 nitrogen and oxygen atoms in total. The van der Waals surface area contributed by atoms with Crippen molar-refractivity contribution >= 4 is 23.6 Å². The maximum atomic E-state index is 14.8. The standard InChI is InChI=1S/C40H58N6O7S/c1-27(2)33-23-44(28(3)47)24-35(52-5)38(50)34(48)25-53-21-10-9-20-45(37(33)30-12-11-15-32(22-30)51-4)36(49)26-54-40-43-42-39(29-16-18-41-19-17-29)46(40)31-13-7-6-8-14-31/h11-12,15-19,22,27,31,33-35,37-38,48,50H,6-10,13-14,20-21,23-26H2,1-5H3/t33-,34+,35+,37-,38+/m1/s1. The van der Waals surface area contributed by atoms with E-state index in [-0.39, 0.29) is 55.1 Å². The first-order valence-electron chi connectivity index (χ1n) is 19.3. The highest BCUT2D eigenvalue weighted by atomic mass is 32.2. The van der Waals surface area contributed by atoms with Gasteiger partial charge in [-0.2, -0.15) is 0 Å². The average Bonchev–Trinajstić information content (AvgIpc) is 3.62. The van der Waals surface area contributed by atoms with E-state index < -0.39 is 24.4 Å². The van der Waals surface area contributed by atoms with E-state index in [1.807, 2.05) is 41.3 Å². The van der Waals surface area contributed by atoms with Crippen LogP contribution in [0.15, 0.2) is 53.9 Å². The van der Waals surface area contributed by atoms with Crippen LogP contribution in [0.4, 0.5) is 0 Å². The summed E-state index contributed by atoms with van der Waals surface area (Å²) in [4.78, 5) is 35.9. The van der Waals surface area contributed by atoms with E-state index in [0.29, 0.717) is 31.7 Å². The second kappa shape index (κ2) is 20.4. The van der Waals surface area contributed by atoms with Crippen molar-refractivity contribution in [1.82, 2.24) is 29.5 Å². The van der Waals surface area contributed by atoms with Gasteiger partial charge in [-0.1, -0.05) is 57.0 Å². The Morgan fingerprint density at radius 1 is 1.00 bits per heavy atom. The summed E-state index contributed by atoms with van der Waals surface area (Å²) in [5.74, 6) is 1.15. The van der Waals surface area contributed by atoms with Gasteiger partial charge in [0.1, 0.15) is 24.1 Å². The molecule has 0 unspecified atom stereocenters. The van der Waals surface area contributed by atoms with Gasteiger partial charge in [0.15, 0.2) is 11.0 Å². The molecule has 5 rings (SSSR count). The maximum Gasteiger partial charge on any atom is 0.233 e. The van der Waals surface area contributed by atoms with Crippen molar-refractivity contribution in [2.45, 2.75) is 101 Å². The van der Waals surface area contributed by atoms with Gasteiger partial charge in [-0.25, -0.2) is 0 Å². The summed E-state index contributed by atoms with van der Waals surface area (Å²) in [5, 5.41) is 31.8. The second-order valence-electron chi connectivity index (χ2n) is 14.7. The summed E-state index contributed by atoms with van der Waals surface area (Å²) in [6, 6.07) is 11.5. The van der Waals surface area contributed by atoms with Crippen LogP contribution in [0, 0.1) is 11.8 Å². The molecule has 2 aromatic heterocycles. The number of aromatic nitrogens is 4. The summed E-state index contributed by atoms with van der Waals surface area (Å²) < 4.78 is 19.3. The molecule has 2 N–H and O–H groups in total. The summed E-state index contributed by atoms with van der Waals surface area (Å²) in [7, 11) is 3.08. The molecule has 2 aliphatic rings. The van der Waals surface area contributed by atoms with E-state index in [2.05, 4.69) is 33.6 Å². The number of rotatable bonds is 9. The second-order valence-corrected chi connectivity index (χ2v) is 15.7. The Kier molecular flexibility index (Phi) is 15.7. The molecule has 54 heavy (non-hydrogen) atoms. The van der Waals surface area contributed by atoms with Gasteiger partial charge in [-0.05, 0) is 61.4 Å². The zero-order valence-electron chi connectivity index (χ0n) is 32.4. The molecule has 1 aliphatic carbocycles. The first-order chi connectivity index (χ1) is 26.1. The van der Waals surface area contributed by atoms with Gasteiger partial charge in [0.25, 0.3) is 0 Å². The van der Waals surface area contributed by atoms with E-state index >= 15 is 0 Å². The fraction of sp³-hybridized carbons (Fsp3) is 0.625. The Morgan fingerprint density at radius 2 is 1.76 bits per heavy atom. The molecule has 0 radical (unpaired) electrons. The normalized spacial score (nSPS) is 24.2. The smallest absolute Gasteiger partial charge is 0.233 e. The largest absolute Gasteiger partial charge is 0.497 e. The van der Waals surface area contributed by atoms with E-state index in [9.17, 15) is 19.8 Å². The summed E-state index contributed by atoms with van der Waals surface area (Å²) in [6.45, 7) is 6.76. The Labute approximate surface area is 323 Å². The third-order valence-electron chi connectivity index (χ3n) is 10.8. The van der Waals surface area contributed by atoms with Crippen molar-refractivity contribution in [2.24, 2.45) is 11.8 Å². The fourth-order valence-corrected chi connectivity index (χ4v) is 8.58. The number of pyridine rings is 1. The number of carbonyl (C=O) groups excluding carboxylic acids is 2. The lowest BCUT2D eigenvalue weighted by Crippen LogP contribution is -2.51. The van der Waals surface area contributed by atoms with E-state index in [1.165, 1.54) is 32.2 Å². The van der Waals surface area contributed by atoms with Crippen molar-refractivity contribution in [1.29, 1.82) is 0 Å². The molecule has 2 amide bonds. The number of aliphatic hydroxyl groups is 2. The Bertz CT molecular complexity index is 1620. The lowest BCUT2D eigenvalue weighted by Gasteiger charge is -2.42. The number of methoxy groups -OCH3 is 2. The van der Waals surface area contributed by atoms with Crippen molar-refractivity contribution in [3.63, 3.8) is 0 Å². The summed E-state index contributed by atoms with van der Waals surface area (Å²) in [5.41, 5.74) is 1.84. The molecule has 0 spiro atoms. The number of hydrogen-bond donors (Lipinski definition) is 2. The van der Waals surface area contributed by atoms with Crippen molar-refractivity contribution < 1.29 is 34.0 Å². The molecule has 3 heterocycles. The predicted molar refractivity (Wildman–Crippen MR) is 207 cm³/mol. The SMILES string of the molecule is COc1cccc([C@@H]2[C@@H](C(C)C)CN(C(C)=O)C[C@H](OC)[C@@H](O)[C@@H](O)COCCCCN2C(=O)CSc2nnc(-c3ccncc3)n2C2CCCCC2)c1. The molecule has 1 saturated heterocycles. The van der Waals surface area contributed by atoms with Crippen molar-refractivity contribution in [3.8, 4) is 17.1 Å². The van der Waals surface area contributed by atoms with E-state index in [4.69, 9.17) is 14.2 Å². The van der Waals surface area contributed by atoms with Gasteiger partial charge < -0.3 is 34.2 Å². The van der Waals surface area contributed by atoms with Crippen LogP contribution in [0.5, 0.6) is 5.75 Å². The van der Waals surface area contributed by atoms with Crippen molar-refractivity contribution in [2.75, 3.05) is 52.8 Å². The predicted octanol–water partition coefficient (Wildman–Crippen LogP) is 5.18. The van der Waals surface area contributed by atoms with Gasteiger partial charge in [0, 0.05) is 70.2 Å². The Morgan fingerprint density at radius 3 is 2.44 bits per heavy atom. The third-order valence-corrected chi connectivity index (χ3v) is 11.7. The van der Waals surface area contributed by atoms with Crippen LogP contribution < -0.4 is 4.74 Å². The van der Waals surface area contributed by atoms with Gasteiger partial charge in [-0.15, -0.1) is 10.2 Å². The van der Waals surface area contributed by atoms with Gasteiger partial charge in [0.05, 0.1) is 25.5 Å². The summed E-state index contributed by atoms with van der Waals surface area (Å²) in [6.07, 6.45) is 7.03. The van der Waals surface area contributed by atoms with Gasteiger partial charge >= 0.3 is 0 Å². The number of nitrogens with zero attached hydrogens (tertiary/aromatic N) is 6. The monoisotopic (exact) mass is 766 g/mol. The van der Waals surface area contributed by atoms with Crippen molar-refractivity contribution in [3.05, 3.63) is 54.4 Å². The van der Waals surface area contributed by atoms with Crippen LogP contribution in [-0.4, -0.2) is 123 Å². The van der Waals surface area contributed by atoms with Gasteiger partial charge in [0.2, 0.25) is 11.8 Å². The maximum absolute atomic E-state index is 14.8. The topological polar surface area (TPSA) is 152 Å². The number of thioether (sulfide) groups is 1. The fourth-order valence-electron chi connectivity index (χ4n) is 7.69. The minimum Gasteiger partial charge on any atom is -0.497 e. The Balaban J connectivity index is 1.53. The average molecular weight is 767 g/mol. The molecule has 14 heteroatoms. The van der Waals surface area contributed by atoms with Crippen LogP contribution in [0.2, 0.25) is 0 Å². The molecule has 296 valence electrons. The third kappa shape index (κ3) is 10.6. The first kappa shape index (κ1) is 41.6. The number of amides is 2. The van der Waals surface area contributed by atoms with Crippen LogP contribution in [0.1, 0.15) is 83.4 Å². The van der Waals surface area contributed by atoms with E-state index in [0.717, 1.165) is 47.8 Å². The first-order valence-corrected chi connectivity index (χ1v) is 20.2. The molecule has 5 atom stereocenters. The Hall–Kier alpha value is -3.56. The number of hydrogen-bond acceptors (Lipinski definition) is 11. The highest BCUT2D eigenvalue weighted by molar-refractivity contribution is 7.99. The molecular formula is C40H58N6O7S. The van der Waals surface area contributed by atoms with Crippen LogP contribution in [0.25, 0.3) is 11.4 Å². The lowest BCUT2D eigenvalue weighted by atomic mass is 9.82. The molecular weight excluding hydrogens is 709 g/mol. The van der Waals surface area contributed by atoms with Gasteiger partial charge in [-0.3, -0.25) is 19.1 Å². The zero-order valence-corrected chi connectivity index (χ0v) is 33.2. The number of aliphatic hydroxyl groups excluding tert-OH is 2. The number of benzene rings is 1. The summed E-state index contributed by atoms with van der Waals surface area (Å²) >= 11 is 1.42. The molecule has 2 fully saturated rings. The molecule has 0 bridgehead atoms. The highest BCUT2D eigenvalue weighted by Crippen LogP contribution is 2.39. The molecule has 1 aliphatic heterocycles. The van der Waals surface area contributed by atoms with Crippen LogP contribution in [0.3, 0.4) is 0 Å².